The van der Waals surface area contributed by atoms with Crippen LogP contribution >= 0.6 is 0 Å². The van der Waals surface area contributed by atoms with Gasteiger partial charge >= 0.3 is 0 Å². The van der Waals surface area contributed by atoms with Gasteiger partial charge in [-0.25, -0.2) is 4.39 Å². The molecule has 1 unspecified atom stereocenters. The average molecular weight is 206 g/mol. The van der Waals surface area contributed by atoms with Gasteiger partial charge in [0.2, 0.25) is 0 Å². The lowest BCUT2D eigenvalue weighted by atomic mass is 10.0. The van der Waals surface area contributed by atoms with Crippen LogP contribution in [-0.4, -0.2) is 4.98 Å². The highest BCUT2D eigenvalue weighted by molar-refractivity contribution is 5.31. The van der Waals surface area contributed by atoms with Gasteiger partial charge in [0.05, 0.1) is 18.5 Å². The van der Waals surface area contributed by atoms with Gasteiger partial charge in [-0.1, -0.05) is 0 Å². The molecule has 4 heteroatoms. The van der Waals surface area contributed by atoms with Crippen molar-refractivity contribution < 1.29 is 8.81 Å². The van der Waals surface area contributed by atoms with Gasteiger partial charge in [0.25, 0.3) is 0 Å². The van der Waals surface area contributed by atoms with Gasteiger partial charge < -0.3 is 10.2 Å². The highest BCUT2D eigenvalue weighted by Crippen LogP contribution is 2.24. The lowest BCUT2D eigenvalue weighted by Crippen LogP contribution is -2.13. The van der Waals surface area contributed by atoms with Gasteiger partial charge in [-0.3, -0.25) is 4.98 Å². The number of pyridine rings is 1. The highest BCUT2D eigenvalue weighted by Gasteiger charge is 2.16. The molecule has 0 aliphatic carbocycles. The van der Waals surface area contributed by atoms with Crippen molar-refractivity contribution in [1.29, 1.82) is 0 Å². The minimum atomic E-state index is -0.508. The van der Waals surface area contributed by atoms with Crippen molar-refractivity contribution in [3.05, 3.63) is 53.5 Å². The predicted octanol–water partition coefficient (Wildman–Crippen LogP) is 2.17. The molecule has 15 heavy (non-hydrogen) atoms. The van der Waals surface area contributed by atoms with Gasteiger partial charge in [0.1, 0.15) is 11.6 Å². The van der Waals surface area contributed by atoms with Crippen molar-refractivity contribution in [2.45, 2.75) is 13.0 Å². The summed E-state index contributed by atoms with van der Waals surface area (Å²) in [5, 5.41) is 0. The fourth-order valence-corrected chi connectivity index (χ4v) is 1.52. The molecule has 0 aromatic carbocycles. The van der Waals surface area contributed by atoms with Gasteiger partial charge in [-0.05, 0) is 19.1 Å². The quantitative estimate of drug-likeness (QED) is 0.819. The van der Waals surface area contributed by atoms with Crippen molar-refractivity contribution in [3.8, 4) is 0 Å². The fourth-order valence-electron chi connectivity index (χ4n) is 1.52. The summed E-state index contributed by atoms with van der Waals surface area (Å²) in [6, 6.07) is 2.82. The summed E-state index contributed by atoms with van der Waals surface area (Å²) < 4.78 is 18.5. The van der Waals surface area contributed by atoms with Crippen LogP contribution in [0, 0.1) is 12.7 Å². The maximum Gasteiger partial charge on any atom is 0.146 e. The standard InChI is InChI=1S/C11H11FN2O/c1-7-8(3-5-15-7)11(13)9-2-4-14-6-10(9)12/h2-6,11H,13H2,1H3. The average Bonchev–Trinajstić information content (AvgIpc) is 2.64. The SMILES string of the molecule is Cc1occc1C(N)c1ccncc1F. The Morgan fingerprint density at radius 2 is 2.20 bits per heavy atom. The van der Waals surface area contributed by atoms with E-state index in [1.54, 1.807) is 25.3 Å². The summed E-state index contributed by atoms with van der Waals surface area (Å²) >= 11 is 0. The zero-order chi connectivity index (χ0) is 10.8. The van der Waals surface area contributed by atoms with Crippen molar-refractivity contribution >= 4 is 0 Å². The second-order valence-electron chi connectivity index (χ2n) is 3.31. The van der Waals surface area contributed by atoms with Crippen LogP contribution in [0.1, 0.15) is 22.9 Å². The molecule has 0 aliphatic rings. The molecule has 2 rings (SSSR count). The Morgan fingerprint density at radius 3 is 2.80 bits per heavy atom. The summed E-state index contributed by atoms with van der Waals surface area (Å²) in [6.07, 6.45) is 4.22. The largest absolute Gasteiger partial charge is 0.469 e. The van der Waals surface area contributed by atoms with Crippen LogP contribution in [-0.2, 0) is 0 Å². The van der Waals surface area contributed by atoms with Crippen LogP contribution in [0.4, 0.5) is 4.39 Å². The first kappa shape index (κ1) is 9.86. The molecule has 0 saturated carbocycles. The molecule has 2 aromatic rings. The van der Waals surface area contributed by atoms with E-state index in [9.17, 15) is 4.39 Å². The number of halogens is 1. The van der Waals surface area contributed by atoms with E-state index in [0.29, 0.717) is 11.3 Å². The molecule has 0 aliphatic heterocycles. The first-order valence-electron chi connectivity index (χ1n) is 4.59. The molecule has 0 fully saturated rings. The van der Waals surface area contributed by atoms with Crippen molar-refractivity contribution in [2.75, 3.05) is 0 Å². The van der Waals surface area contributed by atoms with E-state index in [1.807, 2.05) is 0 Å². The van der Waals surface area contributed by atoms with Crippen LogP contribution in [0.25, 0.3) is 0 Å². The molecule has 0 spiro atoms. The van der Waals surface area contributed by atoms with E-state index in [1.165, 1.54) is 6.20 Å². The number of nitrogens with zero attached hydrogens (tertiary/aromatic N) is 1. The number of hydrogen-bond donors (Lipinski definition) is 1. The van der Waals surface area contributed by atoms with E-state index < -0.39 is 11.9 Å². The van der Waals surface area contributed by atoms with E-state index in [2.05, 4.69) is 4.98 Å². The van der Waals surface area contributed by atoms with Crippen molar-refractivity contribution in [1.82, 2.24) is 4.98 Å². The molecular weight excluding hydrogens is 195 g/mol. The maximum absolute atomic E-state index is 13.4. The fraction of sp³-hybridized carbons (Fsp3) is 0.182. The summed E-state index contributed by atoms with van der Waals surface area (Å²) in [5.74, 6) is 0.310. The van der Waals surface area contributed by atoms with Gasteiger partial charge in [0, 0.05) is 17.3 Å². The second-order valence-corrected chi connectivity index (χ2v) is 3.31. The van der Waals surface area contributed by atoms with E-state index in [-0.39, 0.29) is 0 Å². The third-order valence-corrected chi connectivity index (χ3v) is 2.37. The summed E-state index contributed by atoms with van der Waals surface area (Å²) in [7, 11) is 0. The number of rotatable bonds is 2. The minimum absolute atomic E-state index is 0.398. The molecule has 1 atom stereocenters. The monoisotopic (exact) mass is 206 g/mol. The molecule has 78 valence electrons. The lowest BCUT2D eigenvalue weighted by Gasteiger charge is -2.11. The Labute approximate surface area is 86.7 Å². The number of hydrogen-bond acceptors (Lipinski definition) is 3. The van der Waals surface area contributed by atoms with Crippen LogP contribution < -0.4 is 5.73 Å². The third kappa shape index (κ3) is 1.76. The van der Waals surface area contributed by atoms with Gasteiger partial charge in [0.15, 0.2) is 0 Å². The number of aromatic nitrogens is 1. The maximum atomic E-state index is 13.4. The molecule has 0 bridgehead atoms. The van der Waals surface area contributed by atoms with Crippen LogP contribution in [0.3, 0.4) is 0 Å². The summed E-state index contributed by atoms with van der Waals surface area (Å²) in [4.78, 5) is 3.68. The lowest BCUT2D eigenvalue weighted by molar-refractivity contribution is 0.525. The summed E-state index contributed by atoms with van der Waals surface area (Å²) in [5.41, 5.74) is 7.15. The number of furan rings is 1. The molecule has 2 N–H and O–H groups in total. The topological polar surface area (TPSA) is 52.0 Å². The first-order chi connectivity index (χ1) is 7.20. The van der Waals surface area contributed by atoms with E-state index >= 15 is 0 Å². The van der Waals surface area contributed by atoms with E-state index in [0.717, 1.165) is 11.8 Å². The Bertz CT molecular complexity index is 467. The van der Waals surface area contributed by atoms with E-state index in [4.69, 9.17) is 10.2 Å². The number of aryl methyl sites for hydroxylation is 1. The number of nitrogens with two attached hydrogens (primary N) is 1. The molecule has 2 aromatic heterocycles. The molecule has 0 amide bonds. The van der Waals surface area contributed by atoms with Gasteiger partial charge in [-0.2, -0.15) is 0 Å². The van der Waals surface area contributed by atoms with Crippen molar-refractivity contribution in [3.63, 3.8) is 0 Å². The third-order valence-electron chi connectivity index (χ3n) is 2.37. The van der Waals surface area contributed by atoms with Crippen molar-refractivity contribution in [2.24, 2.45) is 5.73 Å². The second kappa shape index (κ2) is 3.82. The molecule has 3 nitrogen and oxygen atoms in total. The predicted molar refractivity (Wildman–Crippen MR) is 53.7 cm³/mol. The normalized spacial score (nSPS) is 12.7. The Balaban J connectivity index is 2.41. The van der Waals surface area contributed by atoms with Crippen LogP contribution in [0.2, 0.25) is 0 Å². The molecular formula is C11H11FN2O. The Kier molecular flexibility index (Phi) is 2.51. The zero-order valence-electron chi connectivity index (χ0n) is 8.27. The molecule has 0 radical (unpaired) electrons. The molecule has 0 saturated heterocycles. The smallest absolute Gasteiger partial charge is 0.146 e. The highest BCUT2D eigenvalue weighted by atomic mass is 19.1. The van der Waals surface area contributed by atoms with Crippen LogP contribution in [0.5, 0.6) is 0 Å². The minimum Gasteiger partial charge on any atom is -0.469 e. The Morgan fingerprint density at radius 1 is 1.40 bits per heavy atom. The molecule has 2 heterocycles. The summed E-state index contributed by atoms with van der Waals surface area (Å²) in [6.45, 7) is 1.80. The zero-order valence-corrected chi connectivity index (χ0v) is 8.27. The first-order valence-corrected chi connectivity index (χ1v) is 4.59. The van der Waals surface area contributed by atoms with Crippen LogP contribution in [0.15, 0.2) is 35.2 Å². The van der Waals surface area contributed by atoms with Gasteiger partial charge in [-0.15, -0.1) is 0 Å². The Hall–Kier alpha value is -1.68.